The fourth-order valence-corrected chi connectivity index (χ4v) is 2.45. The SMILES string of the molecule is Cn1ncnc1-c1cnn2c1n[n+]([O-])c1ccc(Cl)cc12. The van der Waals surface area contributed by atoms with Crippen LogP contribution in [0.25, 0.3) is 28.1 Å². The zero-order chi connectivity index (χ0) is 14.6. The molecule has 0 aliphatic rings. The van der Waals surface area contributed by atoms with Crippen LogP contribution in [-0.2, 0) is 7.05 Å². The van der Waals surface area contributed by atoms with Gasteiger partial charge in [-0.3, -0.25) is 0 Å². The highest BCUT2D eigenvalue weighted by Gasteiger charge is 2.19. The minimum absolute atomic E-state index is 0.388. The predicted octanol–water partition coefficient (Wildman–Crippen LogP) is 0.965. The van der Waals surface area contributed by atoms with Crippen LogP contribution in [0, 0.1) is 5.21 Å². The van der Waals surface area contributed by atoms with Gasteiger partial charge in [0.15, 0.2) is 5.82 Å². The van der Waals surface area contributed by atoms with Gasteiger partial charge in [0, 0.05) is 23.2 Å². The van der Waals surface area contributed by atoms with Crippen LogP contribution in [0.15, 0.2) is 30.7 Å². The van der Waals surface area contributed by atoms with Crippen molar-refractivity contribution in [2.75, 3.05) is 0 Å². The lowest BCUT2D eigenvalue weighted by molar-refractivity contribution is -0.640. The van der Waals surface area contributed by atoms with E-state index in [0.717, 1.165) is 0 Å². The third kappa shape index (κ3) is 1.66. The molecule has 21 heavy (non-hydrogen) atoms. The lowest BCUT2D eigenvalue weighted by atomic mass is 10.3. The van der Waals surface area contributed by atoms with Gasteiger partial charge in [-0.05, 0) is 17.0 Å². The van der Waals surface area contributed by atoms with Crippen molar-refractivity contribution in [1.82, 2.24) is 29.5 Å². The van der Waals surface area contributed by atoms with Gasteiger partial charge >= 0.3 is 0 Å². The Labute approximate surface area is 122 Å². The van der Waals surface area contributed by atoms with Crippen LogP contribution in [0.2, 0.25) is 5.02 Å². The first-order valence-corrected chi connectivity index (χ1v) is 6.44. The maximum Gasteiger partial charge on any atom is 0.270 e. The van der Waals surface area contributed by atoms with Crippen LogP contribution in [-0.4, -0.2) is 29.5 Å². The van der Waals surface area contributed by atoms with Crippen LogP contribution in [0.4, 0.5) is 0 Å². The zero-order valence-corrected chi connectivity index (χ0v) is 11.6. The average molecular weight is 302 g/mol. The molecule has 0 aliphatic carbocycles. The van der Waals surface area contributed by atoms with Crippen molar-refractivity contribution in [1.29, 1.82) is 0 Å². The molecule has 0 bridgehead atoms. The standard InChI is InChI=1S/C12H8ClN7O/c1-18-11(14-6-16-18)8-5-15-19-10-4-7(13)2-3-9(10)20(21)17-12(8)19/h2-6H,1H3. The minimum Gasteiger partial charge on any atom is -0.594 e. The number of aryl methyl sites for hydroxylation is 1. The van der Waals surface area contributed by atoms with Gasteiger partial charge in [-0.15, -0.1) is 0 Å². The number of hydrogen-bond donors (Lipinski definition) is 0. The normalized spacial score (nSPS) is 11.5. The van der Waals surface area contributed by atoms with E-state index >= 15 is 0 Å². The highest BCUT2D eigenvalue weighted by molar-refractivity contribution is 6.31. The smallest absolute Gasteiger partial charge is 0.270 e. The van der Waals surface area contributed by atoms with Crippen molar-refractivity contribution in [3.63, 3.8) is 0 Å². The molecule has 0 aliphatic heterocycles. The summed E-state index contributed by atoms with van der Waals surface area (Å²) in [5.74, 6) is 0.582. The second kappa shape index (κ2) is 4.13. The van der Waals surface area contributed by atoms with Crippen LogP contribution >= 0.6 is 11.6 Å². The van der Waals surface area contributed by atoms with Crippen LogP contribution in [0.5, 0.6) is 0 Å². The molecule has 0 unspecified atom stereocenters. The minimum atomic E-state index is 0.388. The Morgan fingerprint density at radius 1 is 1.29 bits per heavy atom. The molecule has 8 nitrogen and oxygen atoms in total. The van der Waals surface area contributed by atoms with Gasteiger partial charge in [0.25, 0.3) is 5.52 Å². The van der Waals surface area contributed by atoms with Gasteiger partial charge in [0.1, 0.15) is 11.8 Å². The first kappa shape index (κ1) is 12.0. The van der Waals surface area contributed by atoms with Gasteiger partial charge in [-0.1, -0.05) is 11.6 Å². The van der Waals surface area contributed by atoms with E-state index in [1.54, 1.807) is 40.6 Å². The molecule has 104 valence electrons. The van der Waals surface area contributed by atoms with E-state index in [-0.39, 0.29) is 0 Å². The second-order valence-electron chi connectivity index (χ2n) is 4.51. The van der Waals surface area contributed by atoms with E-state index in [2.05, 4.69) is 20.3 Å². The summed E-state index contributed by atoms with van der Waals surface area (Å²) in [7, 11) is 1.76. The molecule has 3 aromatic heterocycles. The molecule has 4 aromatic rings. The topological polar surface area (TPSA) is 87.8 Å². The van der Waals surface area contributed by atoms with E-state index in [4.69, 9.17) is 11.6 Å². The molecule has 3 heterocycles. The number of benzene rings is 1. The molecular weight excluding hydrogens is 294 g/mol. The molecule has 0 N–H and O–H groups in total. The van der Waals surface area contributed by atoms with Crippen molar-refractivity contribution in [3.05, 3.63) is 41.0 Å². The van der Waals surface area contributed by atoms with E-state index in [0.29, 0.717) is 37.9 Å². The maximum atomic E-state index is 12.1. The highest BCUT2D eigenvalue weighted by Crippen LogP contribution is 2.23. The Balaban J connectivity index is 2.14. The molecule has 0 spiro atoms. The van der Waals surface area contributed by atoms with Crippen molar-refractivity contribution in [3.8, 4) is 11.4 Å². The lowest BCUT2D eigenvalue weighted by Crippen LogP contribution is -2.33. The second-order valence-corrected chi connectivity index (χ2v) is 4.94. The average Bonchev–Trinajstić information content (AvgIpc) is 3.04. The number of nitrogens with zero attached hydrogens (tertiary/aromatic N) is 7. The van der Waals surface area contributed by atoms with E-state index < -0.39 is 0 Å². The summed E-state index contributed by atoms with van der Waals surface area (Å²) in [5.41, 5.74) is 1.99. The summed E-state index contributed by atoms with van der Waals surface area (Å²) in [4.78, 5) is 4.71. The quantitative estimate of drug-likeness (QED) is 0.386. The number of rotatable bonds is 1. The fraction of sp³-hybridized carbons (Fsp3) is 0.0833. The molecule has 0 saturated carbocycles. The highest BCUT2D eigenvalue weighted by atomic mass is 35.5. The number of hydrogen-bond acceptors (Lipinski definition) is 5. The van der Waals surface area contributed by atoms with Crippen molar-refractivity contribution >= 4 is 28.3 Å². The van der Waals surface area contributed by atoms with Gasteiger partial charge < -0.3 is 5.21 Å². The molecule has 0 atom stereocenters. The number of fused-ring (bicyclic) bond motifs is 3. The van der Waals surface area contributed by atoms with Gasteiger partial charge in [0.2, 0.25) is 5.65 Å². The van der Waals surface area contributed by atoms with Crippen LogP contribution in [0.1, 0.15) is 0 Å². The van der Waals surface area contributed by atoms with E-state index in [9.17, 15) is 5.21 Å². The van der Waals surface area contributed by atoms with Gasteiger partial charge in [-0.25, -0.2) is 14.2 Å². The Hall–Kier alpha value is -2.74. The predicted molar refractivity (Wildman–Crippen MR) is 74.5 cm³/mol. The molecule has 0 saturated heterocycles. The largest absolute Gasteiger partial charge is 0.594 e. The van der Waals surface area contributed by atoms with Crippen molar-refractivity contribution in [2.45, 2.75) is 0 Å². The number of halogens is 1. The molecule has 0 amide bonds. The first-order chi connectivity index (χ1) is 10.1. The molecule has 9 heteroatoms. The summed E-state index contributed by atoms with van der Waals surface area (Å²) in [6, 6.07) is 4.92. The molecule has 0 radical (unpaired) electrons. The van der Waals surface area contributed by atoms with Crippen molar-refractivity contribution < 1.29 is 4.85 Å². The molecule has 1 aromatic carbocycles. The third-order valence-electron chi connectivity index (χ3n) is 3.25. The summed E-state index contributed by atoms with van der Waals surface area (Å²) in [6.45, 7) is 0. The monoisotopic (exact) mass is 301 g/mol. The van der Waals surface area contributed by atoms with Gasteiger partial charge in [-0.2, -0.15) is 10.2 Å². The summed E-state index contributed by atoms with van der Waals surface area (Å²) >= 11 is 6.00. The lowest BCUT2D eigenvalue weighted by Gasteiger charge is -2.02. The van der Waals surface area contributed by atoms with E-state index in [1.807, 2.05) is 0 Å². The van der Waals surface area contributed by atoms with Crippen molar-refractivity contribution in [2.24, 2.45) is 7.05 Å². The Kier molecular flexibility index (Phi) is 2.36. The summed E-state index contributed by atoms with van der Waals surface area (Å²) < 4.78 is 3.16. The maximum absolute atomic E-state index is 12.1. The molecular formula is C12H8ClN7O. The first-order valence-electron chi connectivity index (χ1n) is 6.06. The summed E-state index contributed by atoms with van der Waals surface area (Å²) in [6.07, 6.45) is 3.04. The molecule has 4 rings (SSSR count). The molecule has 0 fully saturated rings. The zero-order valence-electron chi connectivity index (χ0n) is 10.8. The Bertz CT molecular complexity index is 990. The van der Waals surface area contributed by atoms with Gasteiger partial charge in [0.05, 0.1) is 11.8 Å². The Morgan fingerprint density at radius 3 is 2.90 bits per heavy atom. The number of aromatic nitrogens is 7. The third-order valence-corrected chi connectivity index (χ3v) is 3.49. The fourth-order valence-electron chi connectivity index (χ4n) is 2.28. The van der Waals surface area contributed by atoms with Crippen LogP contribution in [0.3, 0.4) is 0 Å². The van der Waals surface area contributed by atoms with E-state index in [1.165, 1.54) is 6.33 Å². The summed E-state index contributed by atoms with van der Waals surface area (Å²) in [5, 5.41) is 24.9. The van der Waals surface area contributed by atoms with Crippen LogP contribution < -0.4 is 4.85 Å². The Morgan fingerprint density at radius 2 is 2.14 bits per heavy atom.